The van der Waals surface area contributed by atoms with Crippen molar-refractivity contribution in [2.24, 2.45) is 11.8 Å². The molecule has 2 aromatic rings. The van der Waals surface area contributed by atoms with Crippen molar-refractivity contribution in [1.82, 2.24) is 9.97 Å². The highest BCUT2D eigenvalue weighted by atomic mass is 16.4. The SMILES string of the molecule is O=C(O)C1C2CCCC2CN1c1cnc2ccccc2n1. The first kappa shape index (κ1) is 12.6. The van der Waals surface area contributed by atoms with Gasteiger partial charge >= 0.3 is 5.97 Å². The molecule has 1 N–H and O–H groups in total. The van der Waals surface area contributed by atoms with Gasteiger partial charge in [-0.25, -0.2) is 9.78 Å². The summed E-state index contributed by atoms with van der Waals surface area (Å²) in [6.45, 7) is 0.786. The lowest BCUT2D eigenvalue weighted by atomic mass is 9.94. The standard InChI is InChI=1S/C16H17N3O2/c20-16(21)15-11-5-3-4-10(11)9-19(15)14-8-17-12-6-1-2-7-13(12)18-14/h1-2,6-8,10-11,15H,3-5,9H2,(H,20,21). The van der Waals surface area contributed by atoms with E-state index >= 15 is 0 Å². The van der Waals surface area contributed by atoms with Crippen LogP contribution >= 0.6 is 0 Å². The fourth-order valence-electron chi connectivity index (χ4n) is 3.94. The molecule has 4 rings (SSSR count). The molecule has 5 heteroatoms. The molecule has 2 heterocycles. The van der Waals surface area contributed by atoms with Crippen molar-refractivity contribution in [2.75, 3.05) is 11.4 Å². The lowest BCUT2D eigenvalue weighted by Crippen LogP contribution is -2.40. The minimum Gasteiger partial charge on any atom is -0.480 e. The highest BCUT2D eigenvalue weighted by Gasteiger charge is 2.48. The van der Waals surface area contributed by atoms with Gasteiger partial charge in [0.05, 0.1) is 17.2 Å². The number of anilines is 1. The van der Waals surface area contributed by atoms with Gasteiger partial charge in [0.15, 0.2) is 0 Å². The molecule has 1 saturated heterocycles. The zero-order valence-electron chi connectivity index (χ0n) is 11.6. The first-order chi connectivity index (χ1) is 10.2. The van der Waals surface area contributed by atoms with E-state index in [0.29, 0.717) is 11.7 Å². The molecule has 108 valence electrons. The first-order valence-electron chi connectivity index (χ1n) is 7.45. The zero-order valence-corrected chi connectivity index (χ0v) is 11.6. The zero-order chi connectivity index (χ0) is 14.4. The van der Waals surface area contributed by atoms with Crippen molar-refractivity contribution in [3.63, 3.8) is 0 Å². The van der Waals surface area contributed by atoms with Gasteiger partial charge in [-0.15, -0.1) is 0 Å². The molecule has 1 aromatic carbocycles. The van der Waals surface area contributed by atoms with Crippen LogP contribution in [0.3, 0.4) is 0 Å². The molecule has 2 fully saturated rings. The van der Waals surface area contributed by atoms with Crippen LogP contribution in [0.4, 0.5) is 5.82 Å². The summed E-state index contributed by atoms with van der Waals surface area (Å²) in [7, 11) is 0. The normalized spacial score (nSPS) is 28.0. The minimum absolute atomic E-state index is 0.260. The van der Waals surface area contributed by atoms with Gasteiger partial charge in [-0.2, -0.15) is 0 Å². The molecular weight excluding hydrogens is 266 g/mol. The van der Waals surface area contributed by atoms with E-state index in [9.17, 15) is 9.90 Å². The second kappa shape index (κ2) is 4.69. The molecular formula is C16H17N3O2. The Labute approximate surface area is 122 Å². The van der Waals surface area contributed by atoms with Crippen molar-refractivity contribution in [2.45, 2.75) is 25.3 Å². The van der Waals surface area contributed by atoms with Crippen LogP contribution in [-0.2, 0) is 4.79 Å². The molecule has 5 nitrogen and oxygen atoms in total. The third-order valence-electron chi connectivity index (χ3n) is 4.87. The van der Waals surface area contributed by atoms with E-state index in [-0.39, 0.29) is 5.92 Å². The first-order valence-corrected chi connectivity index (χ1v) is 7.45. The average molecular weight is 283 g/mol. The Kier molecular flexibility index (Phi) is 2.80. The van der Waals surface area contributed by atoms with E-state index in [4.69, 9.17) is 0 Å². The van der Waals surface area contributed by atoms with Crippen LogP contribution in [0.25, 0.3) is 11.0 Å². The summed E-state index contributed by atoms with van der Waals surface area (Å²) in [5.74, 6) is 0.699. The van der Waals surface area contributed by atoms with Crippen molar-refractivity contribution >= 4 is 22.8 Å². The Balaban J connectivity index is 1.74. The Morgan fingerprint density at radius 2 is 2.05 bits per heavy atom. The number of carbonyl (C=O) groups is 1. The Morgan fingerprint density at radius 1 is 1.24 bits per heavy atom. The van der Waals surface area contributed by atoms with Gasteiger partial charge in [-0.05, 0) is 36.8 Å². The van der Waals surface area contributed by atoms with E-state index in [1.165, 1.54) is 0 Å². The van der Waals surface area contributed by atoms with Crippen LogP contribution < -0.4 is 4.90 Å². The van der Waals surface area contributed by atoms with Crippen molar-refractivity contribution in [3.05, 3.63) is 30.5 Å². The van der Waals surface area contributed by atoms with Gasteiger partial charge in [-0.1, -0.05) is 18.6 Å². The maximum atomic E-state index is 11.7. The topological polar surface area (TPSA) is 66.3 Å². The fourth-order valence-corrected chi connectivity index (χ4v) is 3.94. The maximum absolute atomic E-state index is 11.7. The van der Waals surface area contributed by atoms with Gasteiger partial charge in [-0.3, -0.25) is 4.98 Å². The van der Waals surface area contributed by atoms with E-state index in [1.807, 2.05) is 29.2 Å². The van der Waals surface area contributed by atoms with Crippen LogP contribution in [0.1, 0.15) is 19.3 Å². The van der Waals surface area contributed by atoms with Crippen LogP contribution in [-0.4, -0.2) is 33.6 Å². The second-order valence-corrected chi connectivity index (χ2v) is 6.01. The molecule has 1 saturated carbocycles. The number of hydrogen-bond donors (Lipinski definition) is 1. The summed E-state index contributed by atoms with van der Waals surface area (Å²) in [6.07, 6.45) is 5.00. The lowest BCUT2D eigenvalue weighted by molar-refractivity contribution is -0.139. The number of benzene rings is 1. The third-order valence-corrected chi connectivity index (χ3v) is 4.87. The third kappa shape index (κ3) is 1.95. The number of aliphatic carboxylic acids is 1. The molecule has 0 amide bonds. The molecule has 1 aromatic heterocycles. The Hall–Kier alpha value is -2.17. The van der Waals surface area contributed by atoms with Gasteiger partial charge in [0.2, 0.25) is 0 Å². The predicted octanol–water partition coefficient (Wildman–Crippen LogP) is 2.32. The summed E-state index contributed by atoms with van der Waals surface area (Å²) in [5, 5.41) is 9.62. The smallest absolute Gasteiger partial charge is 0.326 e. The number of fused-ring (bicyclic) bond motifs is 2. The largest absolute Gasteiger partial charge is 0.480 e. The van der Waals surface area contributed by atoms with Gasteiger partial charge < -0.3 is 10.0 Å². The number of carboxylic acid groups (broad SMARTS) is 1. The number of para-hydroxylation sites is 2. The number of carboxylic acids is 1. The molecule has 2 aliphatic rings. The Bertz CT molecular complexity index is 703. The summed E-state index contributed by atoms with van der Waals surface area (Å²) in [5.41, 5.74) is 1.66. The molecule has 3 atom stereocenters. The molecule has 0 bridgehead atoms. The quantitative estimate of drug-likeness (QED) is 0.916. The van der Waals surface area contributed by atoms with Crippen LogP contribution in [0.15, 0.2) is 30.5 Å². The van der Waals surface area contributed by atoms with Crippen LogP contribution in [0.5, 0.6) is 0 Å². The van der Waals surface area contributed by atoms with Crippen molar-refractivity contribution < 1.29 is 9.90 Å². The molecule has 21 heavy (non-hydrogen) atoms. The number of nitrogens with zero attached hydrogens (tertiary/aromatic N) is 3. The van der Waals surface area contributed by atoms with Gasteiger partial charge in [0.25, 0.3) is 0 Å². The highest BCUT2D eigenvalue weighted by Crippen LogP contribution is 2.43. The summed E-state index contributed by atoms with van der Waals surface area (Å²) < 4.78 is 0. The molecule has 1 aliphatic carbocycles. The van der Waals surface area contributed by atoms with E-state index < -0.39 is 12.0 Å². The number of rotatable bonds is 2. The second-order valence-electron chi connectivity index (χ2n) is 6.01. The summed E-state index contributed by atoms with van der Waals surface area (Å²) in [6, 6.07) is 7.23. The van der Waals surface area contributed by atoms with Crippen LogP contribution in [0, 0.1) is 11.8 Å². The molecule has 0 radical (unpaired) electrons. The molecule has 0 spiro atoms. The van der Waals surface area contributed by atoms with Crippen LogP contribution in [0.2, 0.25) is 0 Å². The van der Waals surface area contributed by atoms with Gasteiger partial charge in [0.1, 0.15) is 11.9 Å². The number of hydrogen-bond acceptors (Lipinski definition) is 4. The molecule has 3 unspecified atom stereocenters. The number of aromatic nitrogens is 2. The van der Waals surface area contributed by atoms with E-state index in [2.05, 4.69) is 9.97 Å². The highest BCUT2D eigenvalue weighted by molar-refractivity contribution is 5.81. The average Bonchev–Trinajstić information content (AvgIpc) is 3.06. The Morgan fingerprint density at radius 3 is 2.86 bits per heavy atom. The van der Waals surface area contributed by atoms with E-state index in [1.54, 1.807) is 6.20 Å². The summed E-state index contributed by atoms with van der Waals surface area (Å²) >= 11 is 0. The maximum Gasteiger partial charge on any atom is 0.326 e. The minimum atomic E-state index is -0.737. The van der Waals surface area contributed by atoms with Crippen molar-refractivity contribution in [1.29, 1.82) is 0 Å². The monoisotopic (exact) mass is 283 g/mol. The lowest BCUT2D eigenvalue weighted by Gasteiger charge is -2.25. The predicted molar refractivity (Wildman–Crippen MR) is 79.1 cm³/mol. The van der Waals surface area contributed by atoms with Crippen molar-refractivity contribution in [3.8, 4) is 0 Å². The fraction of sp³-hybridized carbons (Fsp3) is 0.438. The van der Waals surface area contributed by atoms with E-state index in [0.717, 1.165) is 36.8 Å². The molecule has 1 aliphatic heterocycles. The van der Waals surface area contributed by atoms with Gasteiger partial charge in [0, 0.05) is 6.54 Å². The summed E-state index contributed by atoms with van der Waals surface area (Å²) in [4.78, 5) is 22.7.